The number of fused-ring (bicyclic) bond motifs is 1. The minimum atomic E-state index is -0.137. The molecule has 0 N–H and O–H groups in total. The fourth-order valence-corrected chi connectivity index (χ4v) is 3.76. The summed E-state index contributed by atoms with van der Waals surface area (Å²) in [5.41, 5.74) is 4.71. The Hall–Kier alpha value is -3.27. The monoisotopic (exact) mass is 414 g/mol. The third kappa shape index (κ3) is 5.08. The standard InChI is InChI=1S/C27H30N2O2/c1-20-15-16-24(19-21(20)2)30-18-10-9-17-29-26-14-8-7-13-25(26)28-27(29)22(3)31-23-11-5-4-6-12-23/h4-8,11-16,19,22H,9-10,17-18H2,1-3H3. The van der Waals surface area contributed by atoms with E-state index in [9.17, 15) is 0 Å². The van der Waals surface area contributed by atoms with Crippen molar-refractivity contribution in [3.63, 3.8) is 0 Å². The number of imidazole rings is 1. The Balaban J connectivity index is 1.41. The van der Waals surface area contributed by atoms with Gasteiger partial charge >= 0.3 is 0 Å². The Bertz CT molecular complexity index is 1130. The number of rotatable bonds is 9. The Labute approximate surface area is 184 Å². The smallest absolute Gasteiger partial charge is 0.153 e. The van der Waals surface area contributed by atoms with Crippen LogP contribution in [0.1, 0.15) is 42.8 Å². The summed E-state index contributed by atoms with van der Waals surface area (Å²) in [5, 5.41) is 0. The summed E-state index contributed by atoms with van der Waals surface area (Å²) in [6, 6.07) is 24.5. The first-order valence-electron chi connectivity index (χ1n) is 11.0. The van der Waals surface area contributed by atoms with Crippen LogP contribution in [0.5, 0.6) is 11.5 Å². The molecule has 4 aromatic rings. The molecule has 0 aliphatic carbocycles. The van der Waals surface area contributed by atoms with Crippen molar-refractivity contribution in [2.24, 2.45) is 0 Å². The van der Waals surface area contributed by atoms with Gasteiger partial charge in [-0.15, -0.1) is 0 Å². The normalized spacial score (nSPS) is 12.1. The van der Waals surface area contributed by atoms with Crippen molar-refractivity contribution in [3.05, 3.63) is 89.7 Å². The molecule has 160 valence electrons. The highest BCUT2D eigenvalue weighted by molar-refractivity contribution is 5.76. The van der Waals surface area contributed by atoms with E-state index in [0.717, 1.165) is 47.7 Å². The van der Waals surface area contributed by atoms with Crippen molar-refractivity contribution in [1.82, 2.24) is 9.55 Å². The number of para-hydroxylation sites is 3. The second-order valence-corrected chi connectivity index (χ2v) is 7.99. The summed E-state index contributed by atoms with van der Waals surface area (Å²) in [6.07, 6.45) is 1.85. The van der Waals surface area contributed by atoms with Crippen LogP contribution in [0.2, 0.25) is 0 Å². The van der Waals surface area contributed by atoms with Crippen LogP contribution >= 0.6 is 0 Å². The Morgan fingerprint density at radius 2 is 1.61 bits per heavy atom. The number of nitrogens with zero attached hydrogens (tertiary/aromatic N) is 2. The van der Waals surface area contributed by atoms with E-state index in [2.05, 4.69) is 55.7 Å². The topological polar surface area (TPSA) is 36.3 Å². The van der Waals surface area contributed by atoms with Gasteiger partial charge in [-0.2, -0.15) is 0 Å². The second-order valence-electron chi connectivity index (χ2n) is 7.99. The zero-order valence-corrected chi connectivity index (χ0v) is 18.5. The third-order valence-corrected chi connectivity index (χ3v) is 5.63. The molecular formula is C27H30N2O2. The minimum Gasteiger partial charge on any atom is -0.494 e. The lowest BCUT2D eigenvalue weighted by Crippen LogP contribution is -2.12. The summed E-state index contributed by atoms with van der Waals surface area (Å²) in [5.74, 6) is 2.76. The van der Waals surface area contributed by atoms with Gasteiger partial charge in [0.05, 0.1) is 17.6 Å². The summed E-state index contributed by atoms with van der Waals surface area (Å²) >= 11 is 0. The summed E-state index contributed by atoms with van der Waals surface area (Å²) < 4.78 is 14.4. The highest BCUT2D eigenvalue weighted by atomic mass is 16.5. The average molecular weight is 415 g/mol. The predicted octanol–water partition coefficient (Wildman–Crippen LogP) is 6.65. The average Bonchev–Trinajstić information content (AvgIpc) is 3.15. The first-order valence-corrected chi connectivity index (χ1v) is 11.0. The molecule has 0 fully saturated rings. The fourth-order valence-electron chi connectivity index (χ4n) is 3.76. The number of unbranched alkanes of at least 4 members (excludes halogenated alkanes) is 1. The molecule has 4 heteroatoms. The van der Waals surface area contributed by atoms with Crippen LogP contribution in [0.3, 0.4) is 0 Å². The van der Waals surface area contributed by atoms with Crippen molar-refractivity contribution in [1.29, 1.82) is 0 Å². The van der Waals surface area contributed by atoms with Crippen molar-refractivity contribution in [2.75, 3.05) is 6.61 Å². The molecule has 3 aromatic carbocycles. The predicted molar refractivity (Wildman–Crippen MR) is 126 cm³/mol. The van der Waals surface area contributed by atoms with E-state index in [1.807, 2.05) is 42.5 Å². The Morgan fingerprint density at radius 3 is 2.42 bits per heavy atom. The number of aryl methyl sites for hydroxylation is 3. The fraction of sp³-hybridized carbons (Fsp3) is 0.296. The van der Waals surface area contributed by atoms with Crippen LogP contribution < -0.4 is 9.47 Å². The molecule has 0 saturated heterocycles. The molecule has 0 aliphatic heterocycles. The van der Waals surface area contributed by atoms with Crippen LogP contribution in [0.25, 0.3) is 11.0 Å². The van der Waals surface area contributed by atoms with E-state index in [1.165, 1.54) is 11.1 Å². The zero-order chi connectivity index (χ0) is 21.6. The highest BCUT2D eigenvalue weighted by Gasteiger charge is 2.17. The summed E-state index contributed by atoms with van der Waals surface area (Å²) in [7, 11) is 0. The molecule has 0 saturated carbocycles. The second kappa shape index (κ2) is 9.69. The molecule has 1 atom stereocenters. The van der Waals surface area contributed by atoms with Crippen LogP contribution in [0, 0.1) is 13.8 Å². The van der Waals surface area contributed by atoms with Gasteiger partial charge in [-0.25, -0.2) is 4.98 Å². The molecule has 0 amide bonds. The van der Waals surface area contributed by atoms with Gasteiger partial charge in [0.2, 0.25) is 0 Å². The zero-order valence-electron chi connectivity index (χ0n) is 18.5. The lowest BCUT2D eigenvalue weighted by atomic mass is 10.1. The lowest BCUT2D eigenvalue weighted by Gasteiger charge is -2.17. The van der Waals surface area contributed by atoms with Crippen molar-refractivity contribution < 1.29 is 9.47 Å². The molecule has 1 unspecified atom stereocenters. The van der Waals surface area contributed by atoms with Gasteiger partial charge < -0.3 is 14.0 Å². The van der Waals surface area contributed by atoms with Gasteiger partial charge in [-0.3, -0.25) is 0 Å². The first kappa shape index (κ1) is 21.0. The van der Waals surface area contributed by atoms with Gasteiger partial charge in [0, 0.05) is 6.54 Å². The maximum Gasteiger partial charge on any atom is 0.153 e. The number of aromatic nitrogens is 2. The van der Waals surface area contributed by atoms with Gasteiger partial charge in [0.1, 0.15) is 11.5 Å². The van der Waals surface area contributed by atoms with Gasteiger partial charge in [0.25, 0.3) is 0 Å². The molecule has 31 heavy (non-hydrogen) atoms. The van der Waals surface area contributed by atoms with E-state index in [1.54, 1.807) is 0 Å². The number of hydrogen-bond acceptors (Lipinski definition) is 3. The molecule has 0 spiro atoms. The molecule has 1 aromatic heterocycles. The van der Waals surface area contributed by atoms with Crippen LogP contribution in [-0.4, -0.2) is 16.2 Å². The van der Waals surface area contributed by atoms with E-state index >= 15 is 0 Å². The third-order valence-electron chi connectivity index (χ3n) is 5.63. The molecular weight excluding hydrogens is 384 g/mol. The maximum atomic E-state index is 6.17. The van der Waals surface area contributed by atoms with E-state index < -0.39 is 0 Å². The molecule has 0 aliphatic rings. The van der Waals surface area contributed by atoms with Gasteiger partial charge in [-0.1, -0.05) is 36.4 Å². The summed E-state index contributed by atoms with van der Waals surface area (Å²) in [4.78, 5) is 4.88. The van der Waals surface area contributed by atoms with E-state index in [-0.39, 0.29) is 6.10 Å². The van der Waals surface area contributed by atoms with Crippen LogP contribution in [0.4, 0.5) is 0 Å². The minimum absolute atomic E-state index is 0.137. The van der Waals surface area contributed by atoms with Crippen LogP contribution in [0.15, 0.2) is 72.8 Å². The van der Waals surface area contributed by atoms with Crippen LogP contribution in [-0.2, 0) is 6.54 Å². The highest BCUT2D eigenvalue weighted by Crippen LogP contribution is 2.25. The van der Waals surface area contributed by atoms with E-state index in [4.69, 9.17) is 14.5 Å². The van der Waals surface area contributed by atoms with Gasteiger partial charge in [-0.05, 0) is 81.1 Å². The molecule has 0 bridgehead atoms. The molecule has 4 rings (SSSR count). The molecule has 1 heterocycles. The lowest BCUT2D eigenvalue weighted by molar-refractivity contribution is 0.211. The summed E-state index contributed by atoms with van der Waals surface area (Å²) in [6.45, 7) is 7.89. The quantitative estimate of drug-likeness (QED) is 0.288. The first-order chi connectivity index (χ1) is 15.1. The largest absolute Gasteiger partial charge is 0.494 e. The molecule has 0 radical (unpaired) electrons. The SMILES string of the molecule is Cc1ccc(OCCCCn2c(C(C)Oc3ccccc3)nc3ccccc32)cc1C. The number of benzene rings is 3. The number of ether oxygens (including phenoxy) is 2. The molecule has 4 nitrogen and oxygen atoms in total. The van der Waals surface area contributed by atoms with Gasteiger partial charge in [0.15, 0.2) is 11.9 Å². The van der Waals surface area contributed by atoms with Crippen molar-refractivity contribution in [3.8, 4) is 11.5 Å². The Morgan fingerprint density at radius 1 is 0.839 bits per heavy atom. The Kier molecular flexibility index (Phi) is 6.56. The van der Waals surface area contributed by atoms with E-state index in [0.29, 0.717) is 6.61 Å². The number of hydrogen-bond donors (Lipinski definition) is 0. The maximum absolute atomic E-state index is 6.17. The van der Waals surface area contributed by atoms with Crippen molar-refractivity contribution in [2.45, 2.75) is 46.3 Å². The van der Waals surface area contributed by atoms with Crippen molar-refractivity contribution >= 4 is 11.0 Å².